The second-order valence-corrected chi connectivity index (χ2v) is 4.74. The molecule has 0 spiro atoms. The Bertz CT molecular complexity index is 374. The summed E-state index contributed by atoms with van der Waals surface area (Å²) in [5.74, 6) is 1.21. The monoisotopic (exact) mass is 236 g/mol. The molecule has 0 saturated carbocycles. The van der Waals surface area contributed by atoms with E-state index in [1.807, 2.05) is 6.92 Å². The van der Waals surface area contributed by atoms with Gasteiger partial charge in [0.25, 0.3) is 0 Å². The van der Waals surface area contributed by atoms with Crippen molar-refractivity contribution in [3.63, 3.8) is 0 Å². The van der Waals surface area contributed by atoms with Crippen LogP contribution in [-0.2, 0) is 4.74 Å². The normalized spacial score (nSPS) is 22.0. The van der Waals surface area contributed by atoms with E-state index < -0.39 is 0 Å². The molecule has 1 unspecified atom stereocenters. The lowest BCUT2D eigenvalue weighted by Crippen LogP contribution is -2.42. The third-order valence-electron chi connectivity index (χ3n) is 3.01. The first-order chi connectivity index (χ1) is 8.06. The van der Waals surface area contributed by atoms with Crippen molar-refractivity contribution in [2.24, 2.45) is 0 Å². The number of anilines is 1. The molecule has 94 valence electrons. The van der Waals surface area contributed by atoms with Gasteiger partial charge in [-0.05, 0) is 20.8 Å². The molecule has 1 saturated heterocycles. The Hall–Kier alpha value is -1.20. The van der Waals surface area contributed by atoms with E-state index in [0.717, 1.165) is 25.4 Å². The predicted molar refractivity (Wildman–Crippen MR) is 66.6 cm³/mol. The van der Waals surface area contributed by atoms with Gasteiger partial charge in [0.15, 0.2) is 5.82 Å². The molecular weight excluding hydrogens is 216 g/mol. The maximum Gasteiger partial charge on any atom is 0.161 e. The molecule has 2 N–H and O–H groups in total. The largest absolute Gasteiger partial charge is 0.384 e. The molecule has 5 nitrogen and oxygen atoms in total. The first-order valence-electron chi connectivity index (χ1n) is 6.03. The molecule has 0 radical (unpaired) electrons. The second kappa shape index (κ2) is 4.98. The number of morpholine rings is 1. The molecule has 1 aromatic heterocycles. The minimum absolute atomic E-state index is 0.0617. The fraction of sp³-hybridized carbons (Fsp3) is 0.667. The summed E-state index contributed by atoms with van der Waals surface area (Å²) < 4.78 is 5.73. The highest BCUT2D eigenvalue weighted by molar-refractivity contribution is 5.29. The van der Waals surface area contributed by atoms with Crippen molar-refractivity contribution in [1.29, 1.82) is 0 Å². The van der Waals surface area contributed by atoms with Crippen molar-refractivity contribution < 1.29 is 4.74 Å². The van der Waals surface area contributed by atoms with Gasteiger partial charge in [-0.2, -0.15) is 0 Å². The number of aromatic nitrogens is 2. The molecule has 1 atom stereocenters. The van der Waals surface area contributed by atoms with Crippen molar-refractivity contribution in [3.8, 4) is 0 Å². The molecule has 17 heavy (non-hydrogen) atoms. The average Bonchev–Trinajstić information content (AvgIpc) is 2.28. The molecule has 2 rings (SSSR count). The first-order valence-corrected chi connectivity index (χ1v) is 6.03. The highest BCUT2D eigenvalue weighted by atomic mass is 16.5. The van der Waals surface area contributed by atoms with Crippen LogP contribution in [0.2, 0.25) is 0 Å². The number of hydrogen-bond donors (Lipinski definition) is 1. The molecule has 1 aliphatic rings. The van der Waals surface area contributed by atoms with E-state index >= 15 is 0 Å². The van der Waals surface area contributed by atoms with E-state index in [2.05, 4.69) is 28.7 Å². The Morgan fingerprint density at radius 1 is 1.47 bits per heavy atom. The van der Waals surface area contributed by atoms with Crippen LogP contribution in [0.5, 0.6) is 0 Å². The number of nitrogens with zero attached hydrogens (tertiary/aromatic N) is 3. The van der Waals surface area contributed by atoms with Gasteiger partial charge >= 0.3 is 0 Å². The highest BCUT2D eigenvalue weighted by Crippen LogP contribution is 2.21. The fourth-order valence-electron chi connectivity index (χ4n) is 2.05. The van der Waals surface area contributed by atoms with Crippen LogP contribution < -0.4 is 5.73 Å². The van der Waals surface area contributed by atoms with Crippen LogP contribution in [0.15, 0.2) is 6.07 Å². The van der Waals surface area contributed by atoms with Crippen LogP contribution in [0.1, 0.15) is 31.5 Å². The fourth-order valence-corrected chi connectivity index (χ4v) is 2.05. The predicted octanol–water partition coefficient (Wildman–Crippen LogP) is 1.15. The summed E-state index contributed by atoms with van der Waals surface area (Å²) in [6.45, 7) is 8.82. The van der Waals surface area contributed by atoms with Crippen molar-refractivity contribution in [2.75, 3.05) is 25.4 Å². The molecular formula is C12H20N4O. The summed E-state index contributed by atoms with van der Waals surface area (Å²) in [7, 11) is 0. The molecule has 0 bridgehead atoms. The van der Waals surface area contributed by atoms with Gasteiger partial charge in [-0.15, -0.1) is 0 Å². The Kier molecular flexibility index (Phi) is 3.59. The van der Waals surface area contributed by atoms with E-state index in [0.29, 0.717) is 17.7 Å². The first kappa shape index (κ1) is 12.3. The van der Waals surface area contributed by atoms with Crippen LogP contribution in [-0.4, -0.2) is 40.6 Å². The zero-order valence-electron chi connectivity index (χ0n) is 10.7. The summed E-state index contributed by atoms with van der Waals surface area (Å²) in [5, 5.41) is 0. The molecule has 1 aromatic rings. The Morgan fingerprint density at radius 2 is 2.24 bits per heavy atom. The van der Waals surface area contributed by atoms with E-state index in [-0.39, 0.29) is 6.10 Å². The van der Waals surface area contributed by atoms with Crippen LogP contribution in [0, 0.1) is 6.92 Å². The minimum Gasteiger partial charge on any atom is -0.384 e. The zero-order valence-corrected chi connectivity index (χ0v) is 10.7. The van der Waals surface area contributed by atoms with Crippen LogP contribution in [0.4, 0.5) is 5.82 Å². The van der Waals surface area contributed by atoms with E-state index in [9.17, 15) is 0 Å². The molecule has 1 fully saturated rings. The van der Waals surface area contributed by atoms with E-state index in [1.165, 1.54) is 0 Å². The van der Waals surface area contributed by atoms with Gasteiger partial charge in [0.05, 0.1) is 6.61 Å². The van der Waals surface area contributed by atoms with Crippen molar-refractivity contribution in [2.45, 2.75) is 32.9 Å². The minimum atomic E-state index is -0.0617. The maximum atomic E-state index is 5.74. The lowest BCUT2D eigenvalue weighted by atomic mass is 10.2. The third-order valence-corrected chi connectivity index (χ3v) is 3.01. The summed E-state index contributed by atoms with van der Waals surface area (Å²) in [6, 6.07) is 2.29. The average molecular weight is 236 g/mol. The van der Waals surface area contributed by atoms with Gasteiger partial charge in [-0.1, -0.05) is 0 Å². The zero-order chi connectivity index (χ0) is 12.4. The molecule has 1 aliphatic heterocycles. The smallest absolute Gasteiger partial charge is 0.161 e. The number of ether oxygens (including phenoxy) is 1. The van der Waals surface area contributed by atoms with Gasteiger partial charge in [-0.25, -0.2) is 9.97 Å². The molecule has 0 aromatic carbocycles. The summed E-state index contributed by atoms with van der Waals surface area (Å²) in [4.78, 5) is 11.0. The lowest BCUT2D eigenvalue weighted by molar-refractivity contribution is -0.0442. The van der Waals surface area contributed by atoms with E-state index in [4.69, 9.17) is 10.5 Å². The number of rotatable bonds is 2. The number of nitrogens with two attached hydrogens (primary N) is 1. The molecule has 0 amide bonds. The Morgan fingerprint density at radius 3 is 2.88 bits per heavy atom. The SMILES string of the molecule is Cc1cc(N)nc(C2CN(C(C)C)CCO2)n1. The second-order valence-electron chi connectivity index (χ2n) is 4.74. The number of hydrogen-bond acceptors (Lipinski definition) is 5. The van der Waals surface area contributed by atoms with Gasteiger partial charge in [-0.3, -0.25) is 4.90 Å². The van der Waals surface area contributed by atoms with Crippen LogP contribution >= 0.6 is 0 Å². The Labute approximate surface area is 102 Å². The lowest BCUT2D eigenvalue weighted by Gasteiger charge is -2.34. The third kappa shape index (κ3) is 2.92. The maximum absolute atomic E-state index is 5.74. The standard InChI is InChI=1S/C12H20N4O/c1-8(2)16-4-5-17-10(7-16)12-14-9(3)6-11(13)15-12/h6,8,10H,4-5,7H2,1-3H3,(H2,13,14,15). The van der Waals surface area contributed by atoms with Crippen molar-refractivity contribution in [3.05, 3.63) is 17.6 Å². The Balaban J connectivity index is 2.16. The van der Waals surface area contributed by atoms with Gasteiger partial charge < -0.3 is 10.5 Å². The van der Waals surface area contributed by atoms with Crippen LogP contribution in [0.25, 0.3) is 0 Å². The molecule has 0 aliphatic carbocycles. The van der Waals surface area contributed by atoms with Gasteiger partial charge in [0, 0.05) is 30.9 Å². The van der Waals surface area contributed by atoms with Gasteiger partial charge in [0.2, 0.25) is 0 Å². The van der Waals surface area contributed by atoms with Gasteiger partial charge in [0.1, 0.15) is 11.9 Å². The number of aryl methyl sites for hydroxylation is 1. The quantitative estimate of drug-likeness (QED) is 0.834. The van der Waals surface area contributed by atoms with Crippen molar-refractivity contribution >= 4 is 5.82 Å². The van der Waals surface area contributed by atoms with E-state index in [1.54, 1.807) is 6.07 Å². The highest BCUT2D eigenvalue weighted by Gasteiger charge is 2.25. The summed E-state index contributed by atoms with van der Waals surface area (Å²) >= 11 is 0. The number of nitrogen functional groups attached to an aromatic ring is 1. The topological polar surface area (TPSA) is 64.3 Å². The molecule has 5 heteroatoms. The molecule has 2 heterocycles. The van der Waals surface area contributed by atoms with Crippen LogP contribution in [0.3, 0.4) is 0 Å². The summed E-state index contributed by atoms with van der Waals surface area (Å²) in [6.07, 6.45) is -0.0617. The van der Waals surface area contributed by atoms with Crippen molar-refractivity contribution in [1.82, 2.24) is 14.9 Å². The summed E-state index contributed by atoms with van der Waals surface area (Å²) in [5.41, 5.74) is 6.63.